The topological polar surface area (TPSA) is 9.86 Å². The van der Waals surface area contributed by atoms with Crippen molar-refractivity contribution in [3.8, 4) is 22.5 Å². The zero-order chi connectivity index (χ0) is 40.8. The van der Waals surface area contributed by atoms with Crippen LogP contribution in [0.3, 0.4) is 0 Å². The Morgan fingerprint density at radius 3 is 1.45 bits per heavy atom. The van der Waals surface area contributed by atoms with E-state index in [-0.39, 0.29) is 0 Å². The third kappa shape index (κ3) is 5.11. The van der Waals surface area contributed by atoms with Crippen LogP contribution in [0.15, 0.2) is 240 Å². The van der Waals surface area contributed by atoms with Crippen LogP contribution in [0.5, 0.6) is 0 Å². The summed E-state index contributed by atoms with van der Waals surface area (Å²) in [6.07, 6.45) is 0. The molecule has 0 radical (unpaired) electrons. The second kappa shape index (κ2) is 13.8. The van der Waals surface area contributed by atoms with Crippen molar-refractivity contribution < 1.29 is 0 Å². The highest BCUT2D eigenvalue weighted by Gasteiger charge is 2.48. The summed E-state index contributed by atoms with van der Waals surface area (Å²) < 4.78 is 4.86. The molecule has 2 aromatic heterocycles. The molecule has 0 amide bonds. The van der Waals surface area contributed by atoms with Crippen molar-refractivity contribution in [1.82, 2.24) is 9.13 Å². The molecule has 0 aliphatic carbocycles. The van der Waals surface area contributed by atoms with Gasteiger partial charge in [0.1, 0.15) is 0 Å². The first-order valence-corrected chi connectivity index (χ1v) is 24.2. The second-order valence-electron chi connectivity index (χ2n) is 16.4. The number of fused-ring (bicyclic) bond motifs is 9. The first-order chi connectivity index (χ1) is 30.8. The van der Waals surface area contributed by atoms with Gasteiger partial charge in [0.15, 0.2) is 8.07 Å². The zero-order valence-corrected chi connectivity index (χ0v) is 35.6. The maximum absolute atomic E-state index is 3.01. The van der Waals surface area contributed by atoms with E-state index in [1.807, 2.05) is 11.8 Å². The maximum atomic E-state index is 2.50. The van der Waals surface area contributed by atoms with Crippen molar-refractivity contribution in [2.45, 2.75) is 9.79 Å². The average molecular weight is 823 g/mol. The predicted molar refractivity (Wildman–Crippen MR) is 266 cm³/mol. The van der Waals surface area contributed by atoms with Gasteiger partial charge in [0.2, 0.25) is 0 Å². The van der Waals surface area contributed by atoms with Gasteiger partial charge in [-0.05, 0) is 97.2 Å². The fraction of sp³-hybridized carbons (Fsp3) is 0. The monoisotopic (exact) mass is 822 g/mol. The number of hydrogen-bond donors (Lipinski definition) is 0. The van der Waals surface area contributed by atoms with Gasteiger partial charge < -0.3 is 9.13 Å². The molecule has 62 heavy (non-hydrogen) atoms. The van der Waals surface area contributed by atoms with E-state index in [0.29, 0.717) is 0 Å². The zero-order valence-electron chi connectivity index (χ0n) is 33.7. The quantitative estimate of drug-likeness (QED) is 0.157. The Morgan fingerprint density at radius 2 is 0.806 bits per heavy atom. The molecular weight excluding hydrogens is 785 g/mol. The minimum absolute atomic E-state index is 1.16. The molecule has 2 nitrogen and oxygen atoms in total. The Hall–Kier alpha value is -7.37. The van der Waals surface area contributed by atoms with Crippen LogP contribution in [0.2, 0.25) is 0 Å². The molecule has 0 N–H and O–H groups in total. The Balaban J connectivity index is 1.06. The molecule has 290 valence electrons. The van der Waals surface area contributed by atoms with E-state index in [1.54, 1.807) is 0 Å². The summed E-state index contributed by atoms with van der Waals surface area (Å²) in [7, 11) is -3.01. The molecule has 0 saturated carbocycles. The lowest BCUT2D eigenvalue weighted by Gasteiger charge is -2.41. The Kier molecular flexibility index (Phi) is 7.89. The second-order valence-corrected chi connectivity index (χ2v) is 21.2. The molecule has 0 bridgehead atoms. The van der Waals surface area contributed by atoms with E-state index in [0.717, 1.165) is 5.69 Å². The first kappa shape index (κ1) is 35.4. The average Bonchev–Trinajstić information content (AvgIpc) is 3.86. The van der Waals surface area contributed by atoms with Crippen LogP contribution < -0.4 is 20.7 Å². The fourth-order valence-electron chi connectivity index (χ4n) is 10.6. The molecule has 1 aliphatic heterocycles. The normalized spacial score (nSPS) is 14.8. The summed E-state index contributed by atoms with van der Waals surface area (Å²) in [5.41, 5.74) is 9.73. The Bertz CT molecular complexity index is 3640. The number of nitrogens with zero attached hydrogens (tertiary/aromatic N) is 2. The van der Waals surface area contributed by atoms with Crippen molar-refractivity contribution in [2.24, 2.45) is 0 Å². The van der Waals surface area contributed by atoms with Gasteiger partial charge in [-0.25, -0.2) is 0 Å². The summed E-state index contributed by atoms with van der Waals surface area (Å²) >= 11 is 1.92. The van der Waals surface area contributed by atoms with Gasteiger partial charge in [-0.1, -0.05) is 188 Å². The molecule has 0 fully saturated rings. The molecule has 13 rings (SSSR count). The van der Waals surface area contributed by atoms with E-state index in [2.05, 4.69) is 240 Å². The SMILES string of the molecule is c1ccc2c(c1)Sc1cc(-n3c4ccccc4c4ccccc43)ccc1[Si]2(c1ccc2ccccc2c1)c1ccccc1-c1ccc(-n2c3ccccc3c3ccccc32)cc1. The lowest BCUT2D eigenvalue weighted by molar-refractivity contribution is 1.17. The molecule has 1 unspecified atom stereocenters. The van der Waals surface area contributed by atoms with E-state index >= 15 is 0 Å². The van der Waals surface area contributed by atoms with Gasteiger partial charge in [-0.15, -0.1) is 0 Å². The van der Waals surface area contributed by atoms with Gasteiger partial charge in [-0.2, -0.15) is 0 Å². The van der Waals surface area contributed by atoms with Crippen LogP contribution in [0.1, 0.15) is 0 Å². The van der Waals surface area contributed by atoms with Crippen molar-refractivity contribution in [3.63, 3.8) is 0 Å². The predicted octanol–water partition coefficient (Wildman–Crippen LogP) is 12.5. The Morgan fingerprint density at radius 1 is 0.323 bits per heavy atom. The highest BCUT2D eigenvalue weighted by atomic mass is 32.2. The summed E-state index contributed by atoms with van der Waals surface area (Å²) in [5, 5.41) is 13.3. The number of para-hydroxylation sites is 4. The number of hydrogen-bond acceptors (Lipinski definition) is 1. The minimum Gasteiger partial charge on any atom is -0.309 e. The van der Waals surface area contributed by atoms with Crippen LogP contribution in [-0.4, -0.2) is 17.2 Å². The molecule has 3 heterocycles. The fourth-order valence-corrected chi connectivity index (χ4v) is 17.8. The standard InChI is InChI=1S/C58H38N2SSi/c1-2-16-41-37-44(35-31-39(41)15-1)62(56-27-13-7-17-45(56)40-29-32-42(33-30-40)59-50-22-8-3-18-46(50)47-19-4-9-23-51(47)59)57-28-14-12-26-54(57)61-55-38-43(34-36-58(55)62)60-52-24-10-5-20-48(52)49-21-6-11-25-53(49)60/h1-38H. The first-order valence-electron chi connectivity index (χ1n) is 21.3. The molecule has 12 aromatic rings. The molecule has 1 aliphatic rings. The molecule has 0 spiro atoms. The van der Waals surface area contributed by atoms with E-state index in [1.165, 1.54) is 102 Å². The van der Waals surface area contributed by atoms with Crippen LogP contribution in [0, 0.1) is 0 Å². The molecule has 4 heteroatoms. The third-order valence-electron chi connectivity index (χ3n) is 13.2. The summed E-state index contributed by atoms with van der Waals surface area (Å²) in [6.45, 7) is 0. The smallest absolute Gasteiger partial charge is 0.182 e. The van der Waals surface area contributed by atoms with Crippen molar-refractivity contribution in [2.75, 3.05) is 0 Å². The number of benzene rings is 10. The number of aromatic nitrogens is 2. The lowest BCUT2D eigenvalue weighted by atomic mass is 10.1. The van der Waals surface area contributed by atoms with Crippen LogP contribution in [-0.2, 0) is 0 Å². The highest BCUT2D eigenvalue weighted by molar-refractivity contribution is 8.00. The maximum Gasteiger partial charge on any atom is 0.182 e. The largest absolute Gasteiger partial charge is 0.309 e. The van der Waals surface area contributed by atoms with Gasteiger partial charge in [-0.3, -0.25) is 0 Å². The summed E-state index contributed by atoms with van der Waals surface area (Å²) in [5.74, 6) is 0. The summed E-state index contributed by atoms with van der Waals surface area (Å²) in [4.78, 5) is 2.65. The van der Waals surface area contributed by atoms with E-state index < -0.39 is 8.07 Å². The minimum atomic E-state index is -3.01. The van der Waals surface area contributed by atoms with E-state index in [9.17, 15) is 0 Å². The molecule has 10 aromatic carbocycles. The van der Waals surface area contributed by atoms with Crippen LogP contribution >= 0.6 is 11.8 Å². The van der Waals surface area contributed by atoms with Gasteiger partial charge in [0, 0.05) is 42.7 Å². The van der Waals surface area contributed by atoms with Gasteiger partial charge >= 0.3 is 0 Å². The van der Waals surface area contributed by atoms with Crippen LogP contribution in [0.25, 0.3) is 76.9 Å². The molecular formula is C58H38N2SSi. The van der Waals surface area contributed by atoms with Crippen LogP contribution in [0.4, 0.5) is 0 Å². The number of rotatable bonds is 5. The van der Waals surface area contributed by atoms with Crippen molar-refractivity contribution in [3.05, 3.63) is 231 Å². The van der Waals surface area contributed by atoms with Gasteiger partial charge in [0.05, 0.1) is 22.1 Å². The summed E-state index contributed by atoms with van der Waals surface area (Å²) in [6, 6.07) is 86.4. The lowest BCUT2D eigenvalue weighted by Crippen LogP contribution is -2.76. The third-order valence-corrected chi connectivity index (χ3v) is 19.7. The molecule has 0 saturated heterocycles. The highest BCUT2D eigenvalue weighted by Crippen LogP contribution is 2.39. The van der Waals surface area contributed by atoms with Crippen molar-refractivity contribution >= 4 is 95.0 Å². The van der Waals surface area contributed by atoms with Gasteiger partial charge in [0.25, 0.3) is 0 Å². The Labute approximate surface area is 365 Å². The van der Waals surface area contributed by atoms with Crippen molar-refractivity contribution in [1.29, 1.82) is 0 Å². The molecule has 1 atom stereocenters. The van der Waals surface area contributed by atoms with E-state index in [4.69, 9.17) is 0 Å².